The molecule has 1 saturated heterocycles. The molecule has 7 nitrogen and oxygen atoms in total. The van der Waals surface area contributed by atoms with Crippen molar-refractivity contribution in [1.82, 2.24) is 14.9 Å². The fourth-order valence-electron chi connectivity index (χ4n) is 4.08. The van der Waals surface area contributed by atoms with E-state index in [2.05, 4.69) is 15.3 Å². The Kier molecular flexibility index (Phi) is 6.17. The second kappa shape index (κ2) is 8.74. The number of carbonyl (C=O) groups excluding carboxylic acids is 1. The number of halogens is 4. The summed E-state index contributed by atoms with van der Waals surface area (Å²) >= 11 is 6.09. The molecule has 32 heavy (non-hydrogen) atoms. The predicted molar refractivity (Wildman–Crippen MR) is 113 cm³/mol. The number of hydrogen-bond donors (Lipinski definition) is 2. The summed E-state index contributed by atoms with van der Waals surface area (Å²) in [7, 11) is 0. The second-order valence-corrected chi connectivity index (χ2v) is 8.44. The summed E-state index contributed by atoms with van der Waals surface area (Å²) in [5.74, 6) is 0.336. The minimum Gasteiger partial charge on any atom is -0.399 e. The molecule has 0 unspecified atom stereocenters. The minimum absolute atomic E-state index is 0.00220. The van der Waals surface area contributed by atoms with Crippen LogP contribution in [-0.2, 0) is 28.8 Å². The zero-order valence-electron chi connectivity index (χ0n) is 17.4. The maximum atomic E-state index is 13.2. The zero-order chi connectivity index (χ0) is 23.0. The van der Waals surface area contributed by atoms with E-state index in [0.29, 0.717) is 61.8 Å². The smallest absolute Gasteiger partial charge is 0.399 e. The molecule has 172 valence electrons. The lowest BCUT2D eigenvalue weighted by atomic mass is 9.99. The largest absolute Gasteiger partial charge is 0.416 e. The number of nitrogens with two attached hydrogens (primary N) is 1. The molecular weight excluding hydrogens is 447 g/mol. The van der Waals surface area contributed by atoms with E-state index in [1.807, 2.05) is 0 Å². The number of nitrogen functional groups attached to an aromatic ring is 1. The fraction of sp³-hybridized carbons (Fsp3) is 0.476. The van der Waals surface area contributed by atoms with Crippen LogP contribution in [-0.4, -0.2) is 34.0 Å². The topological polar surface area (TPSA) is 93.4 Å². The molecule has 1 atom stereocenters. The molecule has 2 aliphatic rings. The fourth-order valence-corrected chi connectivity index (χ4v) is 4.27. The van der Waals surface area contributed by atoms with Crippen molar-refractivity contribution >= 4 is 29.0 Å². The van der Waals surface area contributed by atoms with Crippen LogP contribution in [0.1, 0.15) is 48.2 Å². The standard InChI is InChI=1S/C21H23ClF3N5O2/c1-11(13-6-14(21(23,24)25)8-15(26)7-13)27-18-16-9-30(10-17(16)28-20(22)29-18)19(31)12-2-4-32-5-3-12/h6-8,11-12H,2-5,9-10,26H2,1H3,(H,27,28,29)/t11-/m1/s1. The van der Waals surface area contributed by atoms with Crippen LogP contribution in [0, 0.1) is 5.92 Å². The average molecular weight is 470 g/mol. The van der Waals surface area contributed by atoms with E-state index in [4.69, 9.17) is 22.1 Å². The van der Waals surface area contributed by atoms with Gasteiger partial charge in [0.15, 0.2) is 0 Å². The molecular formula is C21H23ClF3N5O2. The molecule has 3 heterocycles. The number of ether oxygens (including phenoxy) is 1. The van der Waals surface area contributed by atoms with Crippen molar-refractivity contribution < 1.29 is 22.7 Å². The third-order valence-corrected chi connectivity index (χ3v) is 5.96. The van der Waals surface area contributed by atoms with Gasteiger partial charge in [0, 0.05) is 30.4 Å². The van der Waals surface area contributed by atoms with Crippen molar-refractivity contribution in [3.63, 3.8) is 0 Å². The minimum atomic E-state index is -4.51. The molecule has 1 fully saturated rings. The zero-order valence-corrected chi connectivity index (χ0v) is 18.1. The summed E-state index contributed by atoms with van der Waals surface area (Å²) in [6.07, 6.45) is -3.15. The lowest BCUT2D eigenvalue weighted by molar-refractivity contribution is -0.139. The number of anilines is 2. The SMILES string of the molecule is C[C@@H](Nc1nc(Cl)nc2c1CN(C(=O)C1CCOCC1)C2)c1cc(N)cc(C(F)(F)F)c1. The van der Waals surface area contributed by atoms with Crippen molar-refractivity contribution in [2.45, 2.75) is 45.1 Å². The molecule has 0 radical (unpaired) electrons. The second-order valence-electron chi connectivity index (χ2n) is 8.10. The van der Waals surface area contributed by atoms with Gasteiger partial charge >= 0.3 is 6.18 Å². The number of benzene rings is 1. The number of alkyl halides is 3. The Labute approximate surface area is 188 Å². The van der Waals surface area contributed by atoms with Crippen molar-refractivity contribution in [3.05, 3.63) is 45.9 Å². The Morgan fingerprint density at radius 3 is 2.66 bits per heavy atom. The summed E-state index contributed by atoms with van der Waals surface area (Å²) in [4.78, 5) is 23.1. The molecule has 4 rings (SSSR count). The Balaban J connectivity index is 1.56. The van der Waals surface area contributed by atoms with E-state index < -0.39 is 17.8 Å². The van der Waals surface area contributed by atoms with Gasteiger partial charge < -0.3 is 20.7 Å². The number of rotatable bonds is 4. The van der Waals surface area contributed by atoms with Gasteiger partial charge in [-0.1, -0.05) is 0 Å². The first-order valence-electron chi connectivity index (χ1n) is 10.3. The van der Waals surface area contributed by atoms with Crippen molar-refractivity contribution in [1.29, 1.82) is 0 Å². The summed E-state index contributed by atoms with van der Waals surface area (Å²) in [5, 5.41) is 3.13. The lowest BCUT2D eigenvalue weighted by Crippen LogP contribution is -2.35. The van der Waals surface area contributed by atoms with Crippen LogP contribution >= 0.6 is 11.6 Å². The van der Waals surface area contributed by atoms with E-state index in [-0.39, 0.29) is 22.8 Å². The Hall–Kier alpha value is -2.59. The summed E-state index contributed by atoms with van der Waals surface area (Å²) in [5.41, 5.74) is 6.59. The van der Waals surface area contributed by atoms with Crippen LogP contribution < -0.4 is 11.1 Å². The molecule has 1 aromatic carbocycles. The maximum Gasteiger partial charge on any atom is 0.416 e. The molecule has 11 heteroatoms. The first-order valence-corrected chi connectivity index (χ1v) is 10.7. The normalized spacial score (nSPS) is 17.8. The van der Waals surface area contributed by atoms with Gasteiger partial charge in [-0.25, -0.2) is 9.97 Å². The van der Waals surface area contributed by atoms with Gasteiger partial charge in [0.25, 0.3) is 0 Å². The van der Waals surface area contributed by atoms with E-state index in [1.165, 1.54) is 6.07 Å². The van der Waals surface area contributed by atoms with Gasteiger partial charge in [-0.2, -0.15) is 13.2 Å². The van der Waals surface area contributed by atoms with Crippen LogP contribution in [0.3, 0.4) is 0 Å². The molecule has 1 amide bonds. The van der Waals surface area contributed by atoms with Crippen molar-refractivity contribution in [2.75, 3.05) is 24.3 Å². The summed E-state index contributed by atoms with van der Waals surface area (Å²) in [6, 6.07) is 2.89. The van der Waals surface area contributed by atoms with Crippen LogP contribution in [0.4, 0.5) is 24.7 Å². The Bertz CT molecular complexity index is 1030. The molecule has 3 N–H and O–H groups in total. The first kappa shape index (κ1) is 22.6. The third-order valence-electron chi connectivity index (χ3n) is 5.80. The summed E-state index contributed by atoms with van der Waals surface area (Å²) < 4.78 is 44.9. The number of amides is 1. The van der Waals surface area contributed by atoms with Gasteiger partial charge in [0.1, 0.15) is 5.82 Å². The molecule has 0 saturated carbocycles. The van der Waals surface area contributed by atoms with Gasteiger partial charge in [-0.3, -0.25) is 4.79 Å². The Morgan fingerprint density at radius 2 is 1.97 bits per heavy atom. The predicted octanol–water partition coefficient (Wildman–Crippen LogP) is 4.17. The monoisotopic (exact) mass is 469 g/mol. The lowest BCUT2D eigenvalue weighted by Gasteiger charge is -2.26. The average Bonchev–Trinajstić information content (AvgIpc) is 3.17. The van der Waals surface area contributed by atoms with Crippen molar-refractivity contribution in [2.24, 2.45) is 5.92 Å². The first-order chi connectivity index (χ1) is 15.1. The number of hydrogen-bond acceptors (Lipinski definition) is 6. The molecule has 1 aromatic heterocycles. The molecule has 0 spiro atoms. The third kappa shape index (κ3) is 4.75. The van der Waals surface area contributed by atoms with E-state index >= 15 is 0 Å². The van der Waals surface area contributed by atoms with Crippen molar-refractivity contribution in [3.8, 4) is 0 Å². The number of fused-ring (bicyclic) bond motifs is 1. The number of aromatic nitrogens is 2. The van der Waals surface area contributed by atoms with E-state index in [1.54, 1.807) is 11.8 Å². The van der Waals surface area contributed by atoms with Crippen LogP contribution in [0.25, 0.3) is 0 Å². The van der Waals surface area contributed by atoms with Gasteiger partial charge in [-0.05, 0) is 55.1 Å². The van der Waals surface area contributed by atoms with Crippen LogP contribution in [0.15, 0.2) is 18.2 Å². The highest BCUT2D eigenvalue weighted by molar-refractivity contribution is 6.28. The highest BCUT2D eigenvalue weighted by atomic mass is 35.5. The number of nitrogens with one attached hydrogen (secondary N) is 1. The maximum absolute atomic E-state index is 13.2. The molecule has 2 aliphatic heterocycles. The van der Waals surface area contributed by atoms with Crippen LogP contribution in [0.2, 0.25) is 5.28 Å². The highest BCUT2D eigenvalue weighted by Gasteiger charge is 2.34. The van der Waals surface area contributed by atoms with E-state index in [0.717, 1.165) is 12.1 Å². The van der Waals surface area contributed by atoms with Gasteiger partial charge in [-0.15, -0.1) is 0 Å². The quantitative estimate of drug-likeness (QED) is 0.515. The van der Waals surface area contributed by atoms with E-state index in [9.17, 15) is 18.0 Å². The highest BCUT2D eigenvalue weighted by Crippen LogP contribution is 2.35. The number of carbonyl (C=O) groups is 1. The van der Waals surface area contributed by atoms with Crippen LogP contribution in [0.5, 0.6) is 0 Å². The molecule has 0 aliphatic carbocycles. The van der Waals surface area contributed by atoms with Gasteiger partial charge in [0.05, 0.1) is 30.4 Å². The molecule has 2 aromatic rings. The number of nitrogens with zero attached hydrogens (tertiary/aromatic N) is 3. The Morgan fingerprint density at radius 1 is 1.25 bits per heavy atom. The molecule has 0 bridgehead atoms. The summed E-state index contributed by atoms with van der Waals surface area (Å²) in [6.45, 7) is 3.45. The van der Waals surface area contributed by atoms with Gasteiger partial charge in [0.2, 0.25) is 11.2 Å².